The molecule has 1 rings (SSSR count). The molecule has 110 valence electrons. The molecule has 0 aliphatic rings. The lowest BCUT2D eigenvalue weighted by Gasteiger charge is -2.08. The Kier molecular flexibility index (Phi) is 7.17. The van der Waals surface area contributed by atoms with Gasteiger partial charge in [0.1, 0.15) is 6.61 Å². The number of nitrogens with one attached hydrogen (secondary N) is 1. The zero-order valence-corrected chi connectivity index (χ0v) is 11.9. The largest absolute Gasteiger partial charge is 0.465 e. The molecule has 0 aromatic heterocycles. The van der Waals surface area contributed by atoms with Gasteiger partial charge in [0.2, 0.25) is 0 Å². The van der Waals surface area contributed by atoms with Gasteiger partial charge < -0.3 is 14.8 Å². The summed E-state index contributed by atoms with van der Waals surface area (Å²) in [5.41, 5.74) is 0.916. The number of rotatable bonds is 7. The summed E-state index contributed by atoms with van der Waals surface area (Å²) in [6, 6.07) is 9.39. The molecule has 1 aromatic carbocycles. The van der Waals surface area contributed by atoms with Crippen LogP contribution >= 0.6 is 0 Å². The molecule has 0 bridgehead atoms. The van der Waals surface area contributed by atoms with Crippen molar-refractivity contribution in [2.24, 2.45) is 5.92 Å². The first kappa shape index (κ1) is 16.0. The van der Waals surface area contributed by atoms with Crippen LogP contribution in [0.15, 0.2) is 30.3 Å². The van der Waals surface area contributed by atoms with Gasteiger partial charge in [0, 0.05) is 6.54 Å². The summed E-state index contributed by atoms with van der Waals surface area (Å²) in [5.74, 6) is -0.00944. The number of hydrogen-bond acceptors (Lipinski definition) is 4. The fourth-order valence-corrected chi connectivity index (χ4v) is 1.37. The predicted molar refractivity (Wildman–Crippen MR) is 75.0 cm³/mol. The Morgan fingerprint density at radius 3 is 2.50 bits per heavy atom. The third-order valence-corrected chi connectivity index (χ3v) is 2.39. The topological polar surface area (TPSA) is 64.6 Å². The average Bonchev–Trinajstić information content (AvgIpc) is 2.44. The zero-order chi connectivity index (χ0) is 14.8. The van der Waals surface area contributed by atoms with Crippen LogP contribution in [0.5, 0.6) is 0 Å². The summed E-state index contributed by atoms with van der Waals surface area (Å²) >= 11 is 0. The summed E-state index contributed by atoms with van der Waals surface area (Å²) in [5, 5.41) is 2.51. The van der Waals surface area contributed by atoms with Crippen molar-refractivity contribution in [2.45, 2.75) is 26.9 Å². The molecule has 5 nitrogen and oxygen atoms in total. The van der Waals surface area contributed by atoms with Gasteiger partial charge in [0.15, 0.2) is 0 Å². The number of hydrogen-bond donors (Lipinski definition) is 1. The highest BCUT2D eigenvalue weighted by atomic mass is 16.5. The van der Waals surface area contributed by atoms with Crippen molar-refractivity contribution in [3.8, 4) is 0 Å². The van der Waals surface area contributed by atoms with Gasteiger partial charge >= 0.3 is 12.1 Å². The van der Waals surface area contributed by atoms with Crippen LogP contribution in [0.2, 0.25) is 0 Å². The van der Waals surface area contributed by atoms with Crippen LogP contribution in [0.1, 0.15) is 25.8 Å². The summed E-state index contributed by atoms with van der Waals surface area (Å²) in [7, 11) is 0. The number of alkyl carbamates (subject to hydrolysis) is 1. The standard InChI is InChI=1S/C15H21NO4/c1-12(2)10-19-14(17)8-9-16-15(18)20-11-13-6-4-3-5-7-13/h3-7,12H,8-11H2,1-2H3,(H,16,18). The summed E-state index contributed by atoms with van der Waals surface area (Å²) < 4.78 is 9.99. The molecular weight excluding hydrogens is 258 g/mol. The van der Waals surface area contributed by atoms with Crippen LogP contribution < -0.4 is 5.32 Å². The minimum Gasteiger partial charge on any atom is -0.465 e. The number of carbonyl (C=O) groups excluding carboxylic acids is 2. The molecule has 0 aliphatic heterocycles. The molecule has 0 atom stereocenters. The maximum absolute atomic E-state index is 11.4. The summed E-state index contributed by atoms with van der Waals surface area (Å²) in [4.78, 5) is 22.7. The minimum absolute atomic E-state index is 0.146. The van der Waals surface area contributed by atoms with E-state index in [-0.39, 0.29) is 25.5 Å². The Morgan fingerprint density at radius 1 is 1.15 bits per heavy atom. The Labute approximate surface area is 119 Å². The molecule has 0 fully saturated rings. The highest BCUT2D eigenvalue weighted by Crippen LogP contribution is 2.00. The SMILES string of the molecule is CC(C)COC(=O)CCNC(=O)OCc1ccccc1. The Hall–Kier alpha value is -2.04. The number of amides is 1. The first-order chi connectivity index (χ1) is 9.58. The average molecular weight is 279 g/mol. The molecule has 0 heterocycles. The van der Waals surface area contributed by atoms with Crippen molar-refractivity contribution < 1.29 is 19.1 Å². The van der Waals surface area contributed by atoms with E-state index in [2.05, 4.69) is 5.32 Å². The highest BCUT2D eigenvalue weighted by molar-refractivity contribution is 5.71. The van der Waals surface area contributed by atoms with Gasteiger partial charge in [-0.15, -0.1) is 0 Å². The summed E-state index contributed by atoms with van der Waals surface area (Å²) in [6.45, 7) is 4.76. The van der Waals surface area contributed by atoms with E-state index in [0.717, 1.165) is 5.56 Å². The van der Waals surface area contributed by atoms with E-state index >= 15 is 0 Å². The molecule has 1 aromatic rings. The fourth-order valence-electron chi connectivity index (χ4n) is 1.37. The minimum atomic E-state index is -0.537. The van der Waals surface area contributed by atoms with E-state index in [9.17, 15) is 9.59 Å². The Balaban J connectivity index is 2.10. The lowest BCUT2D eigenvalue weighted by Crippen LogP contribution is -2.27. The Bertz CT molecular complexity index is 417. The van der Waals surface area contributed by atoms with Crippen molar-refractivity contribution in [1.82, 2.24) is 5.32 Å². The smallest absolute Gasteiger partial charge is 0.407 e. The van der Waals surface area contributed by atoms with Gasteiger partial charge in [0.05, 0.1) is 13.0 Å². The van der Waals surface area contributed by atoms with E-state index in [0.29, 0.717) is 12.5 Å². The molecule has 0 spiro atoms. The maximum atomic E-state index is 11.4. The van der Waals surface area contributed by atoms with Crippen molar-refractivity contribution >= 4 is 12.1 Å². The van der Waals surface area contributed by atoms with E-state index < -0.39 is 6.09 Å². The lowest BCUT2D eigenvalue weighted by molar-refractivity contribution is -0.144. The van der Waals surface area contributed by atoms with Crippen molar-refractivity contribution in [1.29, 1.82) is 0 Å². The quantitative estimate of drug-likeness (QED) is 0.779. The molecule has 0 radical (unpaired) electrons. The van der Waals surface area contributed by atoms with Gasteiger partial charge in [-0.2, -0.15) is 0 Å². The van der Waals surface area contributed by atoms with Crippen LogP contribution in [0.4, 0.5) is 4.79 Å². The zero-order valence-electron chi connectivity index (χ0n) is 11.9. The van der Waals surface area contributed by atoms with Crippen molar-refractivity contribution in [2.75, 3.05) is 13.2 Å². The van der Waals surface area contributed by atoms with Gasteiger partial charge in [-0.25, -0.2) is 4.79 Å². The fraction of sp³-hybridized carbons (Fsp3) is 0.467. The van der Waals surface area contributed by atoms with Gasteiger partial charge in [-0.05, 0) is 11.5 Å². The third-order valence-electron chi connectivity index (χ3n) is 2.39. The molecule has 5 heteroatoms. The van der Waals surface area contributed by atoms with E-state index in [1.54, 1.807) is 0 Å². The number of carbonyl (C=O) groups is 2. The Morgan fingerprint density at radius 2 is 1.85 bits per heavy atom. The summed E-state index contributed by atoms with van der Waals surface area (Å²) in [6.07, 6.45) is -0.391. The molecular formula is C15H21NO4. The number of ether oxygens (including phenoxy) is 2. The third kappa shape index (κ3) is 7.41. The van der Waals surface area contributed by atoms with Gasteiger partial charge in [0.25, 0.3) is 0 Å². The molecule has 0 saturated carbocycles. The van der Waals surface area contributed by atoms with Crippen LogP contribution in [0.3, 0.4) is 0 Å². The van der Waals surface area contributed by atoms with E-state index in [4.69, 9.17) is 9.47 Å². The van der Waals surface area contributed by atoms with Gasteiger partial charge in [-0.1, -0.05) is 44.2 Å². The first-order valence-electron chi connectivity index (χ1n) is 6.68. The van der Waals surface area contributed by atoms with E-state index in [1.807, 2.05) is 44.2 Å². The first-order valence-corrected chi connectivity index (χ1v) is 6.68. The van der Waals surface area contributed by atoms with Crippen molar-refractivity contribution in [3.05, 3.63) is 35.9 Å². The van der Waals surface area contributed by atoms with Crippen molar-refractivity contribution in [3.63, 3.8) is 0 Å². The van der Waals surface area contributed by atoms with E-state index in [1.165, 1.54) is 0 Å². The monoisotopic (exact) mass is 279 g/mol. The van der Waals surface area contributed by atoms with Crippen LogP contribution in [-0.4, -0.2) is 25.2 Å². The molecule has 1 amide bonds. The highest BCUT2D eigenvalue weighted by Gasteiger charge is 2.06. The van der Waals surface area contributed by atoms with Crippen LogP contribution in [0, 0.1) is 5.92 Å². The molecule has 20 heavy (non-hydrogen) atoms. The lowest BCUT2D eigenvalue weighted by atomic mass is 10.2. The second-order valence-corrected chi connectivity index (χ2v) is 4.82. The van der Waals surface area contributed by atoms with Crippen LogP contribution in [-0.2, 0) is 20.9 Å². The molecule has 0 saturated heterocycles. The number of esters is 1. The molecule has 1 N–H and O–H groups in total. The predicted octanol–water partition coefficient (Wildman–Crippen LogP) is 2.50. The number of benzene rings is 1. The molecule has 0 unspecified atom stereocenters. The second kappa shape index (κ2) is 8.96. The second-order valence-electron chi connectivity index (χ2n) is 4.82. The molecule has 0 aliphatic carbocycles. The normalized spacial score (nSPS) is 10.2. The van der Waals surface area contributed by atoms with Gasteiger partial charge in [-0.3, -0.25) is 4.79 Å². The maximum Gasteiger partial charge on any atom is 0.407 e. The van der Waals surface area contributed by atoms with Crippen LogP contribution in [0.25, 0.3) is 0 Å².